The van der Waals surface area contributed by atoms with Crippen molar-refractivity contribution in [1.82, 2.24) is 14.9 Å². The highest BCUT2D eigenvalue weighted by Crippen LogP contribution is 2.36. The van der Waals surface area contributed by atoms with Gasteiger partial charge in [0.2, 0.25) is 0 Å². The topological polar surface area (TPSA) is 71.5 Å². The second-order valence-corrected chi connectivity index (χ2v) is 17.5. The molecule has 0 aliphatic rings. The molecule has 2 heterocycles. The number of unbranched alkanes of at least 4 members (excludes halogenated alkanes) is 16. The number of methoxy groups -OCH3 is 2. The summed E-state index contributed by atoms with van der Waals surface area (Å²) in [6.45, 7) is 4.36. The number of hydrogen-bond acceptors (Lipinski definition) is 7. The van der Waals surface area contributed by atoms with Crippen LogP contribution in [0.4, 0.5) is 11.4 Å². The van der Waals surface area contributed by atoms with E-state index in [0.717, 1.165) is 92.4 Å². The Morgan fingerprint density at radius 3 is 1.21 bits per heavy atom. The zero-order valence-electron chi connectivity index (χ0n) is 38.4. The van der Waals surface area contributed by atoms with Gasteiger partial charge in [-0.15, -0.1) is 0 Å². The molecule has 0 saturated heterocycles. The fourth-order valence-electron chi connectivity index (χ4n) is 8.45. The number of fused-ring (bicyclic) bond motifs is 4. The van der Waals surface area contributed by atoms with E-state index in [1.54, 1.807) is 14.2 Å². The molecule has 0 fully saturated rings. The summed E-state index contributed by atoms with van der Waals surface area (Å²) in [5.74, 6) is 1.68. The van der Waals surface area contributed by atoms with E-state index in [-0.39, 0.29) is 0 Å². The molecule has 6 rings (SSSR count). The van der Waals surface area contributed by atoms with E-state index in [0.29, 0.717) is 10.0 Å². The number of rotatable bonds is 28. The van der Waals surface area contributed by atoms with Gasteiger partial charge in [0.05, 0.1) is 47.7 Å². The number of nitrogens with zero attached hydrogens (tertiary/aromatic N) is 3. The van der Waals surface area contributed by atoms with Gasteiger partial charge < -0.3 is 25.0 Å². The van der Waals surface area contributed by atoms with E-state index < -0.39 is 0 Å². The van der Waals surface area contributed by atoms with E-state index in [1.165, 1.54) is 123 Å². The SMILES string of the molecule is COc1ccc2nc3cc(Cl)ccc3c(NCCCCCCCCCCCN(C)CCCCCCCCCCCNc3c4ccc(Cl)cc4nc4ccc(OC)cc34)c2c1.[2H]C. The van der Waals surface area contributed by atoms with Crippen LogP contribution in [0.2, 0.25) is 10.0 Å². The third-order valence-electron chi connectivity index (χ3n) is 11.9. The highest BCUT2D eigenvalue weighted by Gasteiger charge is 2.13. The van der Waals surface area contributed by atoms with Crippen LogP contribution in [0.1, 0.15) is 124 Å². The van der Waals surface area contributed by atoms with Gasteiger partial charge in [0, 0.05) is 46.1 Å². The molecule has 0 unspecified atom stereocenters. The molecule has 0 bridgehead atoms. The number of aromatic nitrogens is 2. The van der Waals surface area contributed by atoms with Gasteiger partial charge in [0.1, 0.15) is 11.5 Å². The van der Waals surface area contributed by atoms with Crippen molar-refractivity contribution in [2.24, 2.45) is 0 Å². The first-order valence-electron chi connectivity index (χ1n) is 23.7. The third kappa shape index (κ3) is 14.5. The highest BCUT2D eigenvalue weighted by molar-refractivity contribution is 6.32. The average molecular weight is 870 g/mol. The Hall–Kier alpha value is -4.04. The Kier molecular flexibility index (Phi) is 19.6. The first-order valence-corrected chi connectivity index (χ1v) is 23.5. The van der Waals surface area contributed by atoms with E-state index in [9.17, 15) is 0 Å². The summed E-state index contributed by atoms with van der Waals surface area (Å²) in [6, 6.07) is 24.0. The Morgan fingerprint density at radius 1 is 0.475 bits per heavy atom. The molecule has 0 amide bonds. The van der Waals surface area contributed by atoms with Crippen LogP contribution < -0.4 is 20.1 Å². The molecule has 61 heavy (non-hydrogen) atoms. The van der Waals surface area contributed by atoms with Crippen molar-refractivity contribution in [2.45, 2.75) is 123 Å². The van der Waals surface area contributed by atoms with Gasteiger partial charge in [-0.25, -0.2) is 9.97 Å². The summed E-state index contributed by atoms with van der Waals surface area (Å²) in [7, 11) is 6.97. The summed E-state index contributed by atoms with van der Waals surface area (Å²) < 4.78 is 16.8. The maximum Gasteiger partial charge on any atom is 0.119 e. The molecule has 0 atom stereocenters. The van der Waals surface area contributed by atoms with Crippen molar-refractivity contribution in [3.05, 3.63) is 82.8 Å². The van der Waals surface area contributed by atoms with Crippen molar-refractivity contribution in [3.8, 4) is 11.5 Å². The number of halogens is 2. The van der Waals surface area contributed by atoms with E-state index in [2.05, 4.69) is 46.8 Å². The van der Waals surface area contributed by atoms with Gasteiger partial charge in [0.15, 0.2) is 0 Å². The molecule has 9 heteroatoms. The van der Waals surface area contributed by atoms with Gasteiger partial charge >= 0.3 is 0 Å². The molecule has 0 aliphatic carbocycles. The van der Waals surface area contributed by atoms with Crippen molar-refractivity contribution in [2.75, 3.05) is 58.1 Å². The first-order chi connectivity index (χ1) is 30.4. The molecular formula is C52H71Cl2N5O2. The van der Waals surface area contributed by atoms with Crippen LogP contribution in [-0.4, -0.2) is 62.3 Å². The second-order valence-electron chi connectivity index (χ2n) is 16.6. The molecule has 2 aromatic heterocycles. The summed E-state index contributed by atoms with van der Waals surface area (Å²) in [6.07, 6.45) is 23.7. The van der Waals surface area contributed by atoms with Crippen LogP contribution in [0.25, 0.3) is 43.6 Å². The maximum atomic E-state index is 6.30. The average Bonchev–Trinajstić information content (AvgIpc) is 3.29. The fourth-order valence-corrected chi connectivity index (χ4v) is 8.79. The lowest BCUT2D eigenvalue weighted by Crippen LogP contribution is -2.20. The van der Waals surface area contributed by atoms with Gasteiger partial charge in [-0.3, -0.25) is 0 Å². The molecule has 330 valence electrons. The lowest BCUT2D eigenvalue weighted by Gasteiger charge is -2.16. The monoisotopic (exact) mass is 869 g/mol. The standard InChI is InChI=1S/C51H67Cl2N5O2.CH4/c1-58(32-20-16-12-8-4-6-10-14-18-30-54-50-42-26-22-38(52)34-48(42)56-46-28-24-40(59-2)36-44(46)50)33-21-17-13-9-5-7-11-15-19-31-55-51-43-27-23-39(53)35-49(43)57-47-29-25-41(60-3)37-45(47)51;/h22-29,34-37H,4-21,30-33H2,1-3H3,(H,54,56)(H,55,57);1H4/i;1D. The van der Waals surface area contributed by atoms with E-state index in [4.69, 9.17) is 44.0 Å². The largest absolute Gasteiger partial charge is 0.497 e. The van der Waals surface area contributed by atoms with Crippen molar-refractivity contribution >= 4 is 78.2 Å². The fraction of sp³-hybridized carbons (Fsp3) is 0.500. The Labute approximate surface area is 377 Å². The zero-order valence-corrected chi connectivity index (χ0v) is 38.9. The number of anilines is 2. The minimum atomic E-state index is 0.707. The lowest BCUT2D eigenvalue weighted by molar-refractivity contribution is 0.314. The lowest BCUT2D eigenvalue weighted by atomic mass is 10.1. The molecular weight excluding hydrogens is 798 g/mol. The Bertz CT molecular complexity index is 2100. The number of nitrogens with one attached hydrogen (secondary N) is 2. The summed E-state index contributed by atoms with van der Waals surface area (Å²) in [5.41, 5.74) is 5.97. The van der Waals surface area contributed by atoms with Crippen LogP contribution in [-0.2, 0) is 0 Å². The third-order valence-corrected chi connectivity index (χ3v) is 12.4. The number of pyridine rings is 2. The Balaban J connectivity index is 0.00000358. The number of hydrogen-bond donors (Lipinski definition) is 2. The molecule has 7 nitrogen and oxygen atoms in total. The van der Waals surface area contributed by atoms with Crippen LogP contribution >= 0.6 is 23.2 Å². The zero-order chi connectivity index (χ0) is 43.9. The second kappa shape index (κ2) is 25.8. The first kappa shape index (κ1) is 46.5. The van der Waals surface area contributed by atoms with Gasteiger partial charge in [0.25, 0.3) is 0 Å². The van der Waals surface area contributed by atoms with Gasteiger partial charge in [-0.2, -0.15) is 0 Å². The van der Waals surface area contributed by atoms with Crippen molar-refractivity contribution in [3.63, 3.8) is 0 Å². The molecule has 0 spiro atoms. The van der Waals surface area contributed by atoms with Crippen LogP contribution in [0.15, 0.2) is 72.8 Å². The summed E-state index contributed by atoms with van der Waals surface area (Å²) in [5, 5.41) is 13.2. The minimum Gasteiger partial charge on any atom is -0.497 e. The molecule has 6 aromatic rings. The van der Waals surface area contributed by atoms with Crippen molar-refractivity contribution in [1.29, 1.82) is 0 Å². The summed E-state index contributed by atoms with van der Waals surface area (Å²) >= 11 is 12.6. The highest BCUT2D eigenvalue weighted by atomic mass is 35.5. The molecule has 0 saturated carbocycles. The minimum absolute atomic E-state index is 0.707. The van der Waals surface area contributed by atoms with Crippen LogP contribution in [0.5, 0.6) is 11.5 Å². The van der Waals surface area contributed by atoms with E-state index >= 15 is 0 Å². The van der Waals surface area contributed by atoms with Gasteiger partial charge in [-0.05, 0) is 119 Å². The van der Waals surface area contributed by atoms with Crippen molar-refractivity contribution < 1.29 is 10.8 Å². The van der Waals surface area contributed by atoms with Crippen LogP contribution in [0.3, 0.4) is 0 Å². The molecule has 2 N–H and O–H groups in total. The maximum absolute atomic E-state index is 6.30. The molecule has 0 radical (unpaired) electrons. The van der Waals surface area contributed by atoms with Gasteiger partial charge in [-0.1, -0.05) is 120 Å². The number of benzene rings is 4. The normalized spacial score (nSPS) is 11.6. The molecule has 0 aliphatic heterocycles. The molecule has 4 aromatic carbocycles. The smallest absolute Gasteiger partial charge is 0.119 e. The van der Waals surface area contributed by atoms with E-state index in [1.807, 2.05) is 48.5 Å². The summed E-state index contributed by atoms with van der Waals surface area (Å²) in [4.78, 5) is 12.3. The quantitative estimate of drug-likeness (QED) is 0.0376. The van der Waals surface area contributed by atoms with Crippen LogP contribution in [0, 0.1) is 0 Å². The number of ether oxygens (including phenoxy) is 2. The predicted molar refractivity (Wildman–Crippen MR) is 266 cm³/mol. The predicted octanol–water partition coefficient (Wildman–Crippen LogP) is 15.5. The Morgan fingerprint density at radius 2 is 0.836 bits per heavy atom.